The molecule has 0 bridgehead atoms. The number of hydrogen-bond donors (Lipinski definition) is 2. The molecule has 74 valence electrons. The van der Waals surface area contributed by atoms with Gasteiger partial charge < -0.3 is 10.4 Å². The number of nitrogens with one attached hydrogen (secondary N) is 1. The van der Waals surface area contributed by atoms with Crippen molar-refractivity contribution in [2.45, 2.75) is 18.9 Å². The van der Waals surface area contributed by atoms with Crippen LogP contribution in [0.15, 0.2) is 24.3 Å². The Morgan fingerprint density at radius 1 is 1.50 bits per heavy atom. The second-order valence-electron chi connectivity index (χ2n) is 4.01. The molecule has 0 radical (unpaired) electrons. The maximum atomic E-state index is 11.6. The van der Waals surface area contributed by atoms with E-state index in [0.29, 0.717) is 6.42 Å². The van der Waals surface area contributed by atoms with Crippen LogP contribution in [0.5, 0.6) is 0 Å². The highest BCUT2D eigenvalue weighted by atomic mass is 16.3. The van der Waals surface area contributed by atoms with Crippen LogP contribution >= 0.6 is 0 Å². The predicted molar refractivity (Wildman–Crippen MR) is 53.1 cm³/mol. The molecular weight excluding hydrogens is 178 g/mol. The lowest BCUT2D eigenvalue weighted by atomic mass is 9.86. The van der Waals surface area contributed by atoms with Gasteiger partial charge in [-0.05, 0) is 25.0 Å². The molecule has 1 unspecified atom stereocenters. The van der Waals surface area contributed by atoms with Gasteiger partial charge in [-0.25, -0.2) is 0 Å². The van der Waals surface area contributed by atoms with E-state index in [1.807, 2.05) is 31.2 Å². The SMILES string of the molecule is CC1(CO)Cc2ccccc2C(=O)N1. The molecule has 1 heterocycles. The standard InChI is InChI=1S/C11H13NO2/c1-11(7-13)6-8-4-2-3-5-9(8)10(14)12-11/h2-5,13H,6-7H2,1H3,(H,12,14). The summed E-state index contributed by atoms with van der Waals surface area (Å²) in [5.74, 6) is -0.0941. The van der Waals surface area contributed by atoms with Gasteiger partial charge in [-0.3, -0.25) is 4.79 Å². The van der Waals surface area contributed by atoms with Gasteiger partial charge in [-0.1, -0.05) is 18.2 Å². The first-order chi connectivity index (χ1) is 6.64. The van der Waals surface area contributed by atoms with Crippen LogP contribution in [0.25, 0.3) is 0 Å². The van der Waals surface area contributed by atoms with Crippen molar-refractivity contribution in [3.8, 4) is 0 Å². The molecule has 1 aliphatic heterocycles. The molecule has 2 N–H and O–H groups in total. The number of carbonyl (C=O) groups excluding carboxylic acids is 1. The van der Waals surface area contributed by atoms with Gasteiger partial charge in [0.25, 0.3) is 5.91 Å². The number of aliphatic hydroxyl groups is 1. The van der Waals surface area contributed by atoms with Crippen LogP contribution in [-0.2, 0) is 6.42 Å². The largest absolute Gasteiger partial charge is 0.394 e. The Labute approximate surface area is 82.8 Å². The van der Waals surface area contributed by atoms with Crippen molar-refractivity contribution in [1.29, 1.82) is 0 Å². The minimum Gasteiger partial charge on any atom is -0.394 e. The van der Waals surface area contributed by atoms with E-state index in [1.54, 1.807) is 0 Å². The minimum atomic E-state index is -0.508. The lowest BCUT2D eigenvalue weighted by molar-refractivity contribution is 0.0826. The number of carbonyl (C=O) groups is 1. The quantitative estimate of drug-likeness (QED) is 0.687. The van der Waals surface area contributed by atoms with Crippen molar-refractivity contribution >= 4 is 5.91 Å². The average Bonchev–Trinajstić information content (AvgIpc) is 2.18. The molecule has 0 aliphatic carbocycles. The van der Waals surface area contributed by atoms with Crippen LogP contribution in [0.2, 0.25) is 0 Å². The zero-order valence-electron chi connectivity index (χ0n) is 8.08. The number of rotatable bonds is 1. The summed E-state index contributed by atoms with van der Waals surface area (Å²) >= 11 is 0. The normalized spacial score (nSPS) is 25.4. The summed E-state index contributed by atoms with van der Waals surface area (Å²) in [5.41, 5.74) is 1.22. The summed E-state index contributed by atoms with van der Waals surface area (Å²) in [6.07, 6.45) is 0.686. The molecule has 1 aliphatic rings. The van der Waals surface area contributed by atoms with E-state index in [2.05, 4.69) is 5.32 Å². The fraction of sp³-hybridized carbons (Fsp3) is 0.364. The Hall–Kier alpha value is -1.35. The smallest absolute Gasteiger partial charge is 0.252 e. The van der Waals surface area contributed by atoms with E-state index in [0.717, 1.165) is 11.1 Å². The van der Waals surface area contributed by atoms with E-state index in [9.17, 15) is 9.90 Å². The van der Waals surface area contributed by atoms with Crippen molar-refractivity contribution in [2.75, 3.05) is 6.61 Å². The summed E-state index contributed by atoms with van der Waals surface area (Å²) in [6, 6.07) is 7.50. The monoisotopic (exact) mass is 191 g/mol. The molecule has 3 nitrogen and oxygen atoms in total. The molecule has 1 atom stereocenters. The molecule has 3 heteroatoms. The first-order valence-electron chi connectivity index (χ1n) is 4.66. The Morgan fingerprint density at radius 2 is 2.21 bits per heavy atom. The van der Waals surface area contributed by atoms with E-state index in [-0.39, 0.29) is 12.5 Å². The zero-order chi connectivity index (χ0) is 10.2. The lowest BCUT2D eigenvalue weighted by Gasteiger charge is -2.33. The van der Waals surface area contributed by atoms with Crippen molar-refractivity contribution < 1.29 is 9.90 Å². The number of hydrogen-bond acceptors (Lipinski definition) is 2. The van der Waals surface area contributed by atoms with Crippen molar-refractivity contribution in [3.63, 3.8) is 0 Å². The fourth-order valence-corrected chi connectivity index (χ4v) is 1.80. The minimum absolute atomic E-state index is 0.0346. The first kappa shape index (κ1) is 9.21. The summed E-state index contributed by atoms with van der Waals surface area (Å²) in [4.78, 5) is 11.6. The Bertz CT molecular complexity index is 375. The molecule has 0 saturated carbocycles. The highest BCUT2D eigenvalue weighted by Crippen LogP contribution is 2.22. The maximum absolute atomic E-state index is 11.6. The van der Waals surface area contributed by atoms with Gasteiger partial charge in [-0.2, -0.15) is 0 Å². The Balaban J connectivity index is 2.43. The first-order valence-corrected chi connectivity index (χ1v) is 4.66. The lowest BCUT2D eigenvalue weighted by Crippen LogP contribution is -2.53. The molecule has 2 rings (SSSR count). The average molecular weight is 191 g/mol. The molecule has 1 aromatic carbocycles. The fourth-order valence-electron chi connectivity index (χ4n) is 1.80. The Morgan fingerprint density at radius 3 is 2.93 bits per heavy atom. The Kier molecular flexibility index (Phi) is 2.04. The summed E-state index contributed by atoms with van der Waals surface area (Å²) < 4.78 is 0. The highest BCUT2D eigenvalue weighted by Gasteiger charge is 2.32. The number of fused-ring (bicyclic) bond motifs is 1. The third-order valence-electron chi connectivity index (χ3n) is 2.61. The van der Waals surface area contributed by atoms with Crippen LogP contribution in [0.4, 0.5) is 0 Å². The molecule has 0 saturated heterocycles. The number of amides is 1. The van der Waals surface area contributed by atoms with Gasteiger partial charge in [0.1, 0.15) is 0 Å². The third-order valence-corrected chi connectivity index (χ3v) is 2.61. The summed E-state index contributed by atoms with van der Waals surface area (Å²) in [5, 5.41) is 12.0. The predicted octanol–water partition coefficient (Wildman–Crippen LogP) is 0.724. The van der Waals surface area contributed by atoms with Crippen LogP contribution in [0, 0.1) is 0 Å². The van der Waals surface area contributed by atoms with E-state index in [4.69, 9.17) is 0 Å². The van der Waals surface area contributed by atoms with E-state index < -0.39 is 5.54 Å². The number of benzene rings is 1. The highest BCUT2D eigenvalue weighted by molar-refractivity contribution is 5.97. The van der Waals surface area contributed by atoms with Crippen molar-refractivity contribution in [2.24, 2.45) is 0 Å². The maximum Gasteiger partial charge on any atom is 0.252 e. The van der Waals surface area contributed by atoms with E-state index in [1.165, 1.54) is 0 Å². The van der Waals surface area contributed by atoms with Crippen molar-refractivity contribution in [3.05, 3.63) is 35.4 Å². The number of aliphatic hydroxyl groups excluding tert-OH is 1. The second kappa shape index (κ2) is 3.10. The zero-order valence-corrected chi connectivity index (χ0v) is 8.08. The molecule has 1 aromatic rings. The molecule has 0 aromatic heterocycles. The van der Waals surface area contributed by atoms with Crippen LogP contribution in [0.1, 0.15) is 22.8 Å². The van der Waals surface area contributed by atoms with Gasteiger partial charge in [0.15, 0.2) is 0 Å². The summed E-state index contributed by atoms with van der Waals surface area (Å²) in [7, 11) is 0. The molecule has 14 heavy (non-hydrogen) atoms. The second-order valence-corrected chi connectivity index (χ2v) is 4.01. The van der Waals surface area contributed by atoms with Crippen molar-refractivity contribution in [1.82, 2.24) is 5.32 Å². The van der Waals surface area contributed by atoms with Crippen LogP contribution in [0.3, 0.4) is 0 Å². The molecule has 0 fully saturated rings. The summed E-state index contributed by atoms with van der Waals surface area (Å²) in [6.45, 7) is 1.81. The van der Waals surface area contributed by atoms with Crippen LogP contribution < -0.4 is 5.32 Å². The molecule has 0 spiro atoms. The van der Waals surface area contributed by atoms with Gasteiger partial charge >= 0.3 is 0 Å². The van der Waals surface area contributed by atoms with Crippen LogP contribution in [-0.4, -0.2) is 23.2 Å². The molecule has 1 amide bonds. The van der Waals surface area contributed by atoms with Gasteiger partial charge in [-0.15, -0.1) is 0 Å². The van der Waals surface area contributed by atoms with Gasteiger partial charge in [0, 0.05) is 5.56 Å². The van der Waals surface area contributed by atoms with Gasteiger partial charge in [0.05, 0.1) is 12.1 Å². The topological polar surface area (TPSA) is 49.3 Å². The third kappa shape index (κ3) is 1.40. The molecular formula is C11H13NO2. The van der Waals surface area contributed by atoms with Gasteiger partial charge in [0.2, 0.25) is 0 Å². The van der Waals surface area contributed by atoms with E-state index >= 15 is 0 Å².